The Morgan fingerprint density at radius 3 is 2.36 bits per heavy atom. The number of likely N-dealkylation sites (tertiary alicyclic amines) is 1. The molecule has 7 nitrogen and oxygen atoms in total. The molecule has 33 heavy (non-hydrogen) atoms. The molecule has 1 saturated heterocycles. The Kier molecular flexibility index (Phi) is 5.79. The van der Waals surface area contributed by atoms with E-state index < -0.39 is 18.0 Å². The van der Waals surface area contributed by atoms with Crippen molar-refractivity contribution in [3.05, 3.63) is 59.7 Å². The number of carbonyl (C=O) groups excluding carboxylic acids is 2. The van der Waals surface area contributed by atoms with E-state index in [4.69, 9.17) is 4.74 Å². The minimum absolute atomic E-state index is 0.0136. The molecule has 0 radical (unpaired) electrons. The summed E-state index contributed by atoms with van der Waals surface area (Å²) < 4.78 is 5.56. The SMILES string of the molecule is O=C(NC[C@H]1C[C@H]1C(=O)N1CCC[C@@H](C(=O)O)C1)OCC1c2ccccc2-c2ccccc21. The fourth-order valence-corrected chi connectivity index (χ4v) is 5.25. The molecule has 3 aliphatic rings. The van der Waals surface area contributed by atoms with Gasteiger partial charge in [0.15, 0.2) is 0 Å². The van der Waals surface area contributed by atoms with E-state index in [0.29, 0.717) is 19.5 Å². The quantitative estimate of drug-likeness (QED) is 0.705. The third-order valence-electron chi connectivity index (χ3n) is 7.17. The lowest BCUT2D eigenvalue weighted by Crippen LogP contribution is -2.43. The van der Waals surface area contributed by atoms with Crippen LogP contribution in [0.5, 0.6) is 0 Å². The molecule has 1 aliphatic heterocycles. The van der Waals surface area contributed by atoms with Crippen LogP contribution in [0.3, 0.4) is 0 Å². The minimum Gasteiger partial charge on any atom is -0.481 e. The number of carboxylic acids is 1. The van der Waals surface area contributed by atoms with E-state index >= 15 is 0 Å². The fourth-order valence-electron chi connectivity index (χ4n) is 5.25. The van der Waals surface area contributed by atoms with Gasteiger partial charge in [0.1, 0.15) is 6.61 Å². The summed E-state index contributed by atoms with van der Waals surface area (Å²) in [6.07, 6.45) is 1.59. The molecular weight excluding hydrogens is 420 g/mol. The van der Waals surface area contributed by atoms with Crippen LogP contribution in [-0.2, 0) is 14.3 Å². The van der Waals surface area contributed by atoms with Gasteiger partial charge in [0.2, 0.25) is 5.91 Å². The van der Waals surface area contributed by atoms with Crippen molar-refractivity contribution in [2.24, 2.45) is 17.8 Å². The minimum atomic E-state index is -0.836. The van der Waals surface area contributed by atoms with Gasteiger partial charge >= 0.3 is 12.1 Å². The molecule has 2 aliphatic carbocycles. The van der Waals surface area contributed by atoms with Crippen LogP contribution in [0.4, 0.5) is 4.79 Å². The summed E-state index contributed by atoms with van der Waals surface area (Å²) in [7, 11) is 0. The molecule has 0 bridgehead atoms. The van der Waals surface area contributed by atoms with E-state index in [2.05, 4.69) is 29.6 Å². The summed E-state index contributed by atoms with van der Waals surface area (Å²) in [6, 6.07) is 16.4. The maximum absolute atomic E-state index is 12.7. The number of hydrogen-bond donors (Lipinski definition) is 2. The molecule has 0 aromatic heterocycles. The van der Waals surface area contributed by atoms with E-state index in [9.17, 15) is 19.5 Å². The highest BCUT2D eigenvalue weighted by Crippen LogP contribution is 2.44. The third-order valence-corrected chi connectivity index (χ3v) is 7.17. The van der Waals surface area contributed by atoms with Crippen molar-refractivity contribution < 1.29 is 24.2 Å². The first-order valence-corrected chi connectivity index (χ1v) is 11.6. The Labute approximate surface area is 192 Å². The van der Waals surface area contributed by atoms with Crippen LogP contribution < -0.4 is 5.32 Å². The first-order valence-electron chi connectivity index (χ1n) is 11.6. The van der Waals surface area contributed by atoms with Gasteiger partial charge in [-0.25, -0.2) is 4.79 Å². The summed E-state index contributed by atoms with van der Waals surface area (Å²) in [5, 5.41) is 12.0. The van der Waals surface area contributed by atoms with E-state index in [1.165, 1.54) is 22.3 Å². The van der Waals surface area contributed by atoms with Crippen LogP contribution in [0.1, 0.15) is 36.3 Å². The van der Waals surface area contributed by atoms with E-state index in [1.807, 2.05) is 24.3 Å². The molecule has 0 unspecified atom stereocenters. The smallest absolute Gasteiger partial charge is 0.407 e. The number of carboxylic acid groups (broad SMARTS) is 1. The second-order valence-corrected chi connectivity index (χ2v) is 9.27. The molecule has 172 valence electrons. The van der Waals surface area contributed by atoms with Gasteiger partial charge in [0, 0.05) is 31.5 Å². The second kappa shape index (κ2) is 8.89. The standard InChI is InChI=1S/C26H28N2O5/c29-24(28-11-5-6-16(14-28)25(30)31)22-12-17(22)13-27-26(32)33-15-23-20-9-3-1-7-18(20)19-8-2-4-10-21(19)23/h1-4,7-10,16-17,22-23H,5-6,11-15H2,(H,27,32)(H,30,31)/t16-,17-,22-/m1/s1. The highest BCUT2D eigenvalue weighted by molar-refractivity contribution is 5.83. The van der Waals surface area contributed by atoms with Gasteiger partial charge in [0.25, 0.3) is 0 Å². The molecule has 2 N–H and O–H groups in total. The number of benzene rings is 2. The van der Waals surface area contributed by atoms with Gasteiger partial charge in [-0.15, -0.1) is 0 Å². The van der Waals surface area contributed by atoms with Gasteiger partial charge in [-0.3, -0.25) is 9.59 Å². The number of aliphatic carboxylic acids is 1. The number of piperidine rings is 1. The normalized spacial score (nSPS) is 23.4. The van der Waals surface area contributed by atoms with Crippen molar-refractivity contribution in [2.75, 3.05) is 26.2 Å². The van der Waals surface area contributed by atoms with E-state index in [1.54, 1.807) is 4.90 Å². The number of nitrogens with zero attached hydrogens (tertiary/aromatic N) is 1. The lowest BCUT2D eigenvalue weighted by Gasteiger charge is -2.31. The zero-order chi connectivity index (χ0) is 22.9. The predicted molar refractivity (Wildman–Crippen MR) is 122 cm³/mol. The van der Waals surface area contributed by atoms with Crippen LogP contribution in [0.25, 0.3) is 11.1 Å². The monoisotopic (exact) mass is 448 g/mol. The van der Waals surface area contributed by atoms with Crippen molar-refractivity contribution in [2.45, 2.75) is 25.2 Å². The highest BCUT2D eigenvalue weighted by atomic mass is 16.5. The maximum Gasteiger partial charge on any atom is 0.407 e. The molecule has 7 heteroatoms. The highest BCUT2D eigenvalue weighted by Gasteiger charge is 2.46. The Balaban J connectivity index is 1.10. The number of rotatable bonds is 6. The third kappa shape index (κ3) is 4.32. The molecule has 1 heterocycles. The van der Waals surface area contributed by atoms with Crippen LogP contribution in [0, 0.1) is 17.8 Å². The Hall–Kier alpha value is -3.35. The van der Waals surface area contributed by atoms with Gasteiger partial charge < -0.3 is 20.1 Å². The summed E-state index contributed by atoms with van der Waals surface area (Å²) in [5.74, 6) is -1.33. The van der Waals surface area contributed by atoms with Crippen LogP contribution >= 0.6 is 0 Å². The average molecular weight is 449 g/mol. The Morgan fingerprint density at radius 1 is 1.03 bits per heavy atom. The molecule has 2 aromatic carbocycles. The Morgan fingerprint density at radius 2 is 1.70 bits per heavy atom. The van der Waals surface area contributed by atoms with Crippen molar-refractivity contribution in [1.29, 1.82) is 0 Å². The van der Waals surface area contributed by atoms with Crippen molar-refractivity contribution >= 4 is 18.0 Å². The lowest BCUT2D eigenvalue weighted by molar-refractivity contribution is -0.146. The van der Waals surface area contributed by atoms with Crippen LogP contribution in [0.2, 0.25) is 0 Å². The number of nitrogens with one attached hydrogen (secondary N) is 1. The summed E-state index contributed by atoms with van der Waals surface area (Å²) in [5.41, 5.74) is 4.70. The zero-order valence-electron chi connectivity index (χ0n) is 18.4. The van der Waals surface area contributed by atoms with Gasteiger partial charge in [-0.05, 0) is 47.4 Å². The van der Waals surface area contributed by atoms with Gasteiger partial charge in [0.05, 0.1) is 5.92 Å². The topological polar surface area (TPSA) is 95.9 Å². The van der Waals surface area contributed by atoms with Crippen LogP contribution in [0.15, 0.2) is 48.5 Å². The first-order chi connectivity index (χ1) is 16.0. The van der Waals surface area contributed by atoms with Crippen molar-refractivity contribution in [3.63, 3.8) is 0 Å². The van der Waals surface area contributed by atoms with Crippen molar-refractivity contribution in [3.8, 4) is 11.1 Å². The predicted octanol–water partition coefficient (Wildman–Crippen LogP) is 3.48. The van der Waals surface area contributed by atoms with E-state index in [-0.39, 0.29) is 36.8 Å². The number of hydrogen-bond acceptors (Lipinski definition) is 4. The van der Waals surface area contributed by atoms with Gasteiger partial charge in [-0.2, -0.15) is 0 Å². The van der Waals surface area contributed by atoms with E-state index in [0.717, 1.165) is 12.8 Å². The number of carbonyl (C=O) groups is 3. The number of alkyl carbamates (subject to hydrolysis) is 1. The second-order valence-electron chi connectivity index (χ2n) is 9.27. The lowest BCUT2D eigenvalue weighted by atomic mass is 9.98. The summed E-state index contributed by atoms with van der Waals surface area (Å²) >= 11 is 0. The molecule has 3 atom stereocenters. The first kappa shape index (κ1) is 21.5. The molecule has 1 saturated carbocycles. The molecule has 0 spiro atoms. The largest absolute Gasteiger partial charge is 0.481 e. The average Bonchev–Trinajstić information content (AvgIpc) is 3.56. The maximum atomic E-state index is 12.7. The fraction of sp³-hybridized carbons (Fsp3) is 0.423. The molecule has 2 fully saturated rings. The summed E-state index contributed by atoms with van der Waals surface area (Å²) in [6.45, 7) is 1.56. The van der Waals surface area contributed by atoms with Crippen molar-refractivity contribution in [1.82, 2.24) is 10.2 Å². The molecular formula is C26H28N2O5. The zero-order valence-corrected chi connectivity index (χ0v) is 18.4. The van der Waals surface area contributed by atoms with Gasteiger partial charge in [-0.1, -0.05) is 48.5 Å². The van der Waals surface area contributed by atoms with Crippen LogP contribution in [-0.4, -0.2) is 54.2 Å². The molecule has 2 amide bonds. The molecule has 5 rings (SSSR count). The number of ether oxygens (including phenoxy) is 1. The summed E-state index contributed by atoms with van der Waals surface area (Å²) in [4.78, 5) is 38.0. The number of amides is 2. The molecule has 2 aromatic rings. The number of fused-ring (bicyclic) bond motifs is 3. The Bertz CT molecular complexity index is 1040.